The van der Waals surface area contributed by atoms with E-state index in [2.05, 4.69) is 17.8 Å². The molecule has 0 radical (unpaired) electrons. The lowest BCUT2D eigenvalue weighted by Crippen LogP contribution is -2.44. The van der Waals surface area contributed by atoms with E-state index in [4.69, 9.17) is 4.74 Å². The Hall–Kier alpha value is -1.26. The SMILES string of the molecule is CCCCCCCCCCCCCCCCC(=O)NNC(=O)OC(C)(C)C. The number of hydrogen-bond donors (Lipinski definition) is 2. The van der Waals surface area contributed by atoms with E-state index in [-0.39, 0.29) is 5.91 Å². The number of hydrogen-bond acceptors (Lipinski definition) is 3. The van der Waals surface area contributed by atoms with E-state index in [1.54, 1.807) is 20.8 Å². The van der Waals surface area contributed by atoms with Gasteiger partial charge in [-0.15, -0.1) is 0 Å². The van der Waals surface area contributed by atoms with Gasteiger partial charge in [0.15, 0.2) is 0 Å². The van der Waals surface area contributed by atoms with Gasteiger partial charge < -0.3 is 4.74 Å². The summed E-state index contributed by atoms with van der Waals surface area (Å²) >= 11 is 0. The number of carbonyl (C=O) groups excluding carboxylic acids is 2. The predicted octanol–water partition coefficient (Wildman–Crippen LogP) is 6.41. The van der Waals surface area contributed by atoms with Crippen molar-refractivity contribution in [2.75, 3.05) is 0 Å². The minimum atomic E-state index is -0.628. The topological polar surface area (TPSA) is 67.4 Å². The summed E-state index contributed by atoms with van der Waals surface area (Å²) in [4.78, 5) is 23.1. The number of nitrogens with one attached hydrogen (secondary N) is 2. The first-order valence-corrected chi connectivity index (χ1v) is 11.1. The third kappa shape index (κ3) is 20.9. The molecule has 2 amide bonds. The van der Waals surface area contributed by atoms with Crippen molar-refractivity contribution in [3.8, 4) is 0 Å². The molecule has 0 aliphatic rings. The molecule has 0 saturated heterocycles. The van der Waals surface area contributed by atoms with E-state index in [0.717, 1.165) is 12.8 Å². The summed E-state index contributed by atoms with van der Waals surface area (Å²) in [5.74, 6) is -0.167. The molecule has 0 aliphatic carbocycles. The summed E-state index contributed by atoms with van der Waals surface area (Å²) < 4.78 is 5.05. The van der Waals surface area contributed by atoms with E-state index < -0.39 is 11.7 Å². The van der Waals surface area contributed by atoms with Crippen molar-refractivity contribution in [1.29, 1.82) is 0 Å². The highest BCUT2D eigenvalue weighted by Crippen LogP contribution is 2.13. The Morgan fingerprint density at radius 1 is 0.667 bits per heavy atom. The van der Waals surface area contributed by atoms with E-state index in [0.29, 0.717) is 6.42 Å². The van der Waals surface area contributed by atoms with E-state index in [1.165, 1.54) is 77.0 Å². The van der Waals surface area contributed by atoms with E-state index >= 15 is 0 Å². The molecule has 0 aromatic carbocycles. The van der Waals surface area contributed by atoms with Gasteiger partial charge in [0, 0.05) is 6.42 Å². The average molecular weight is 385 g/mol. The Morgan fingerprint density at radius 2 is 1.07 bits per heavy atom. The van der Waals surface area contributed by atoms with Gasteiger partial charge in [-0.2, -0.15) is 0 Å². The van der Waals surface area contributed by atoms with Crippen molar-refractivity contribution in [2.45, 2.75) is 130 Å². The lowest BCUT2D eigenvalue weighted by molar-refractivity contribution is -0.122. The fourth-order valence-electron chi connectivity index (χ4n) is 2.97. The fourth-order valence-corrected chi connectivity index (χ4v) is 2.97. The quantitative estimate of drug-likeness (QED) is 0.253. The van der Waals surface area contributed by atoms with Crippen molar-refractivity contribution >= 4 is 12.0 Å². The average Bonchev–Trinajstić information content (AvgIpc) is 2.59. The number of amides is 2. The first-order chi connectivity index (χ1) is 12.8. The molecule has 2 N–H and O–H groups in total. The molecule has 5 nitrogen and oxygen atoms in total. The molecule has 0 fully saturated rings. The summed E-state index contributed by atoms with van der Waals surface area (Å²) in [5, 5.41) is 0. The zero-order chi connectivity index (χ0) is 20.4. The van der Waals surface area contributed by atoms with Crippen molar-refractivity contribution in [2.24, 2.45) is 0 Å². The molecule has 0 spiro atoms. The molecule has 0 rings (SSSR count). The third-order valence-corrected chi connectivity index (χ3v) is 4.46. The van der Waals surface area contributed by atoms with Crippen molar-refractivity contribution < 1.29 is 14.3 Å². The molecule has 5 heteroatoms. The van der Waals surface area contributed by atoms with Crippen molar-refractivity contribution in [3.05, 3.63) is 0 Å². The second-order valence-corrected chi connectivity index (χ2v) is 8.52. The Morgan fingerprint density at radius 3 is 1.48 bits per heavy atom. The maximum Gasteiger partial charge on any atom is 0.426 e. The molecule has 0 aliphatic heterocycles. The minimum Gasteiger partial charge on any atom is -0.443 e. The molecule has 0 bridgehead atoms. The first kappa shape index (κ1) is 25.7. The molecule has 27 heavy (non-hydrogen) atoms. The Kier molecular flexibility index (Phi) is 16.1. The van der Waals surface area contributed by atoms with Crippen LogP contribution in [-0.2, 0) is 9.53 Å². The highest BCUT2D eigenvalue weighted by molar-refractivity contribution is 5.79. The summed E-state index contributed by atoms with van der Waals surface area (Å²) in [7, 11) is 0. The predicted molar refractivity (Wildman–Crippen MR) is 112 cm³/mol. The van der Waals surface area contributed by atoms with Crippen LogP contribution >= 0.6 is 0 Å². The molecular weight excluding hydrogens is 340 g/mol. The number of rotatable bonds is 15. The van der Waals surface area contributed by atoms with Gasteiger partial charge >= 0.3 is 6.09 Å². The fraction of sp³-hybridized carbons (Fsp3) is 0.909. The van der Waals surface area contributed by atoms with Crippen LogP contribution in [0.1, 0.15) is 124 Å². The van der Waals surface area contributed by atoms with Crippen LogP contribution in [0.4, 0.5) is 4.79 Å². The first-order valence-electron chi connectivity index (χ1n) is 11.1. The summed E-state index contributed by atoms with van der Waals surface area (Å²) in [5.41, 5.74) is 4.10. The molecule has 0 saturated carbocycles. The Balaban J connectivity index is 3.30. The van der Waals surface area contributed by atoms with Crippen LogP contribution in [-0.4, -0.2) is 17.6 Å². The number of ether oxygens (including phenoxy) is 1. The Bertz CT molecular complexity index is 378. The number of unbranched alkanes of at least 4 members (excludes halogenated alkanes) is 13. The number of carbonyl (C=O) groups is 2. The van der Waals surface area contributed by atoms with Crippen LogP contribution in [0.15, 0.2) is 0 Å². The second kappa shape index (κ2) is 16.9. The van der Waals surface area contributed by atoms with E-state index in [9.17, 15) is 9.59 Å². The van der Waals surface area contributed by atoms with Crippen LogP contribution in [0.3, 0.4) is 0 Å². The zero-order valence-electron chi connectivity index (χ0n) is 18.3. The van der Waals surface area contributed by atoms with Gasteiger partial charge in [-0.05, 0) is 27.2 Å². The summed E-state index contributed by atoms with van der Waals surface area (Å²) in [6.07, 6.45) is 17.9. The van der Waals surface area contributed by atoms with Crippen LogP contribution in [0.5, 0.6) is 0 Å². The second-order valence-electron chi connectivity index (χ2n) is 8.52. The Labute approximate surface area is 167 Å². The van der Waals surface area contributed by atoms with Crippen LogP contribution in [0, 0.1) is 0 Å². The molecule has 0 unspecified atom stereocenters. The standard InChI is InChI=1S/C22H44N2O3/c1-5-6-7-8-9-10-11-12-13-14-15-16-17-18-19-20(25)23-24-21(26)27-22(2,3)4/h5-19H2,1-4H3,(H,23,25)(H,24,26). The van der Waals surface area contributed by atoms with Gasteiger partial charge in [-0.25, -0.2) is 10.2 Å². The molecule has 0 atom stereocenters. The molecule has 0 heterocycles. The molecule has 160 valence electrons. The van der Waals surface area contributed by atoms with E-state index in [1.807, 2.05) is 0 Å². The van der Waals surface area contributed by atoms with Gasteiger partial charge in [0.2, 0.25) is 5.91 Å². The normalized spacial score (nSPS) is 11.3. The molecular formula is C22H44N2O3. The van der Waals surface area contributed by atoms with Crippen molar-refractivity contribution in [1.82, 2.24) is 10.9 Å². The monoisotopic (exact) mass is 384 g/mol. The maximum atomic E-state index is 11.7. The van der Waals surface area contributed by atoms with Gasteiger partial charge in [-0.1, -0.05) is 90.4 Å². The smallest absolute Gasteiger partial charge is 0.426 e. The highest BCUT2D eigenvalue weighted by Gasteiger charge is 2.16. The summed E-state index contributed by atoms with van der Waals surface area (Å²) in [6.45, 7) is 7.61. The third-order valence-electron chi connectivity index (χ3n) is 4.46. The summed E-state index contributed by atoms with van der Waals surface area (Å²) in [6, 6.07) is 0. The lowest BCUT2D eigenvalue weighted by atomic mass is 10.0. The van der Waals surface area contributed by atoms with Gasteiger partial charge in [0.05, 0.1) is 0 Å². The van der Waals surface area contributed by atoms with Crippen LogP contribution < -0.4 is 10.9 Å². The van der Waals surface area contributed by atoms with Crippen LogP contribution in [0.2, 0.25) is 0 Å². The lowest BCUT2D eigenvalue weighted by Gasteiger charge is -2.19. The minimum absolute atomic E-state index is 0.167. The van der Waals surface area contributed by atoms with Crippen molar-refractivity contribution in [3.63, 3.8) is 0 Å². The maximum absolute atomic E-state index is 11.7. The van der Waals surface area contributed by atoms with Gasteiger partial charge in [0.25, 0.3) is 0 Å². The molecule has 0 aromatic rings. The zero-order valence-corrected chi connectivity index (χ0v) is 18.3. The van der Waals surface area contributed by atoms with Gasteiger partial charge in [0.1, 0.15) is 5.60 Å². The molecule has 0 aromatic heterocycles. The number of hydrazine groups is 1. The largest absolute Gasteiger partial charge is 0.443 e. The van der Waals surface area contributed by atoms with Crippen LogP contribution in [0.25, 0.3) is 0 Å². The highest BCUT2D eigenvalue weighted by atomic mass is 16.6. The van der Waals surface area contributed by atoms with Gasteiger partial charge in [-0.3, -0.25) is 10.2 Å².